The number of hydrogen-bond acceptors (Lipinski definition) is 4. The first kappa shape index (κ1) is 17.7. The van der Waals surface area contributed by atoms with Crippen LogP contribution in [0.5, 0.6) is 0 Å². The predicted octanol–water partition coefficient (Wildman–Crippen LogP) is 2.35. The fourth-order valence-corrected chi connectivity index (χ4v) is 4.71. The van der Waals surface area contributed by atoms with E-state index in [-0.39, 0.29) is 11.9 Å². The molecule has 0 spiro atoms. The number of nitrogens with one attached hydrogen (secondary N) is 1. The van der Waals surface area contributed by atoms with E-state index in [0.29, 0.717) is 12.8 Å². The fourth-order valence-electron chi connectivity index (χ4n) is 4.71. The van der Waals surface area contributed by atoms with Crippen molar-refractivity contribution in [3.05, 3.63) is 0 Å². The van der Waals surface area contributed by atoms with Crippen LogP contribution in [0.25, 0.3) is 0 Å². The average Bonchev–Trinajstić information content (AvgIpc) is 3.07. The fraction of sp³-hybridized carbons (Fsp3) is 0.895. The predicted molar refractivity (Wildman–Crippen MR) is 92.2 cm³/mol. The first-order valence-electron chi connectivity index (χ1n) is 9.72. The summed E-state index contributed by atoms with van der Waals surface area (Å²) in [6, 6.07) is 2.46. The van der Waals surface area contributed by atoms with E-state index in [2.05, 4.69) is 16.3 Å². The number of aliphatic hydroxyl groups is 1. The zero-order valence-corrected chi connectivity index (χ0v) is 14.7. The van der Waals surface area contributed by atoms with Crippen molar-refractivity contribution in [2.45, 2.75) is 82.3 Å². The Labute approximate surface area is 145 Å². The molecule has 2 aliphatic carbocycles. The van der Waals surface area contributed by atoms with Crippen molar-refractivity contribution < 1.29 is 9.90 Å². The summed E-state index contributed by atoms with van der Waals surface area (Å²) in [5.41, 5.74) is -1.27. The van der Waals surface area contributed by atoms with E-state index in [1.165, 1.54) is 6.42 Å². The van der Waals surface area contributed by atoms with Gasteiger partial charge in [-0.15, -0.1) is 0 Å². The molecule has 5 heteroatoms. The molecule has 0 unspecified atom stereocenters. The first-order chi connectivity index (χ1) is 11.6. The Balaban J connectivity index is 1.45. The van der Waals surface area contributed by atoms with Gasteiger partial charge in [-0.05, 0) is 38.5 Å². The van der Waals surface area contributed by atoms with Crippen LogP contribution in [0.2, 0.25) is 0 Å². The zero-order chi connectivity index (χ0) is 17.0. The summed E-state index contributed by atoms with van der Waals surface area (Å²) in [7, 11) is 0. The Morgan fingerprint density at radius 1 is 1.08 bits per heavy atom. The summed E-state index contributed by atoms with van der Waals surface area (Å²) in [4.78, 5) is 14.9. The number of carbonyl (C=O) groups is 1. The summed E-state index contributed by atoms with van der Waals surface area (Å²) in [5, 5.41) is 23.3. The van der Waals surface area contributed by atoms with Crippen molar-refractivity contribution in [2.24, 2.45) is 5.41 Å². The third-order valence-corrected chi connectivity index (χ3v) is 6.33. The molecule has 5 nitrogen and oxygen atoms in total. The Morgan fingerprint density at radius 2 is 1.67 bits per heavy atom. The summed E-state index contributed by atoms with van der Waals surface area (Å²) in [6.45, 7) is 2.62. The molecule has 0 aromatic heterocycles. The maximum atomic E-state index is 12.5. The number of rotatable bonds is 4. The number of nitriles is 1. The molecular weight excluding hydrogens is 302 g/mol. The van der Waals surface area contributed by atoms with Crippen LogP contribution < -0.4 is 5.32 Å². The molecule has 24 heavy (non-hydrogen) atoms. The van der Waals surface area contributed by atoms with Crippen molar-refractivity contribution in [1.29, 1.82) is 5.26 Å². The number of likely N-dealkylation sites (tertiary alicyclic amines) is 1. The van der Waals surface area contributed by atoms with E-state index in [9.17, 15) is 15.2 Å². The highest BCUT2D eigenvalue weighted by Crippen LogP contribution is 2.38. The number of carbonyl (C=O) groups excluding carboxylic acids is 1. The van der Waals surface area contributed by atoms with Gasteiger partial charge in [0.15, 0.2) is 0 Å². The molecule has 1 amide bonds. The molecular formula is C19H31N3O2. The lowest BCUT2D eigenvalue weighted by molar-refractivity contribution is -0.129. The smallest absolute Gasteiger partial charge is 0.240 e. The van der Waals surface area contributed by atoms with Gasteiger partial charge in [0.1, 0.15) is 5.41 Å². The minimum absolute atomic E-state index is 0.0492. The minimum atomic E-state index is -0.769. The highest BCUT2D eigenvalue weighted by Gasteiger charge is 2.42. The zero-order valence-electron chi connectivity index (χ0n) is 14.7. The van der Waals surface area contributed by atoms with Gasteiger partial charge in [0.05, 0.1) is 11.7 Å². The number of hydrogen-bond donors (Lipinski definition) is 2. The topological polar surface area (TPSA) is 76.4 Å². The maximum absolute atomic E-state index is 12.5. The van der Waals surface area contributed by atoms with Crippen LogP contribution in [0, 0.1) is 16.7 Å². The van der Waals surface area contributed by atoms with Gasteiger partial charge in [-0.3, -0.25) is 4.79 Å². The molecule has 0 atom stereocenters. The van der Waals surface area contributed by atoms with Crippen molar-refractivity contribution in [1.82, 2.24) is 10.2 Å². The molecule has 0 aromatic rings. The molecule has 0 aromatic carbocycles. The summed E-state index contributed by atoms with van der Waals surface area (Å²) >= 11 is 0. The number of nitrogens with zero attached hydrogens (tertiary/aromatic N) is 2. The van der Waals surface area contributed by atoms with E-state index in [1.807, 2.05) is 0 Å². The average molecular weight is 333 g/mol. The Kier molecular flexibility index (Phi) is 5.46. The van der Waals surface area contributed by atoms with Gasteiger partial charge in [-0.1, -0.05) is 32.1 Å². The molecule has 3 fully saturated rings. The van der Waals surface area contributed by atoms with Crippen molar-refractivity contribution in [3.8, 4) is 6.07 Å². The maximum Gasteiger partial charge on any atom is 0.240 e. The van der Waals surface area contributed by atoms with Gasteiger partial charge in [0.25, 0.3) is 0 Å². The summed E-state index contributed by atoms with van der Waals surface area (Å²) in [5.74, 6) is -0.0492. The molecule has 134 valence electrons. The van der Waals surface area contributed by atoms with E-state index in [0.717, 1.165) is 71.0 Å². The number of β-amino-alcohol motifs (C(OH)–C–C–N with tert-alkyl or cyclic N) is 1. The van der Waals surface area contributed by atoms with Gasteiger partial charge in [-0.2, -0.15) is 5.26 Å². The number of piperidine rings is 1. The molecule has 1 aliphatic heterocycles. The van der Waals surface area contributed by atoms with Crippen LogP contribution in [0.15, 0.2) is 0 Å². The molecule has 3 rings (SSSR count). The Bertz CT molecular complexity index is 479. The van der Waals surface area contributed by atoms with Crippen LogP contribution in [0.1, 0.15) is 70.6 Å². The normalized spacial score (nSPS) is 27.5. The third kappa shape index (κ3) is 3.92. The van der Waals surface area contributed by atoms with Gasteiger partial charge in [-0.25, -0.2) is 0 Å². The minimum Gasteiger partial charge on any atom is -0.389 e. The van der Waals surface area contributed by atoms with Crippen molar-refractivity contribution in [2.75, 3.05) is 19.6 Å². The SMILES string of the molecule is N#CC1(C(=O)NC2CCN(CC3(O)CCCCC3)CC2)CCCC1. The molecule has 2 saturated carbocycles. The monoisotopic (exact) mass is 333 g/mol. The van der Waals surface area contributed by atoms with E-state index >= 15 is 0 Å². The van der Waals surface area contributed by atoms with Gasteiger partial charge < -0.3 is 15.3 Å². The van der Waals surface area contributed by atoms with Crippen LogP contribution in [-0.4, -0.2) is 47.2 Å². The first-order valence-corrected chi connectivity index (χ1v) is 9.72. The lowest BCUT2D eigenvalue weighted by atomic mass is 9.84. The lowest BCUT2D eigenvalue weighted by Crippen LogP contribution is -2.52. The molecule has 3 aliphatic rings. The Hall–Kier alpha value is -1.12. The number of amides is 1. The van der Waals surface area contributed by atoms with E-state index < -0.39 is 11.0 Å². The quantitative estimate of drug-likeness (QED) is 0.828. The second-order valence-corrected chi connectivity index (χ2v) is 8.21. The summed E-state index contributed by atoms with van der Waals surface area (Å²) < 4.78 is 0. The molecule has 1 saturated heterocycles. The van der Waals surface area contributed by atoms with Gasteiger partial charge in [0.2, 0.25) is 5.91 Å². The molecule has 0 bridgehead atoms. The van der Waals surface area contributed by atoms with Crippen molar-refractivity contribution in [3.63, 3.8) is 0 Å². The lowest BCUT2D eigenvalue weighted by Gasteiger charge is -2.40. The highest BCUT2D eigenvalue weighted by atomic mass is 16.3. The second-order valence-electron chi connectivity index (χ2n) is 8.21. The van der Waals surface area contributed by atoms with Crippen molar-refractivity contribution >= 4 is 5.91 Å². The van der Waals surface area contributed by atoms with Gasteiger partial charge in [0, 0.05) is 25.7 Å². The Morgan fingerprint density at radius 3 is 2.25 bits per heavy atom. The molecule has 1 heterocycles. The molecule has 0 radical (unpaired) electrons. The second kappa shape index (κ2) is 7.41. The standard InChI is InChI=1S/C19H31N3O2/c20-14-18(8-4-5-9-18)17(23)21-16-6-12-22(13-7-16)15-19(24)10-2-1-3-11-19/h16,24H,1-13,15H2,(H,21,23). The van der Waals surface area contributed by atoms with E-state index in [4.69, 9.17) is 0 Å². The van der Waals surface area contributed by atoms with Crippen LogP contribution in [-0.2, 0) is 4.79 Å². The third-order valence-electron chi connectivity index (χ3n) is 6.33. The van der Waals surface area contributed by atoms with Gasteiger partial charge >= 0.3 is 0 Å². The summed E-state index contributed by atoms with van der Waals surface area (Å²) in [6.07, 6.45) is 10.6. The largest absolute Gasteiger partial charge is 0.389 e. The highest BCUT2D eigenvalue weighted by molar-refractivity contribution is 5.86. The van der Waals surface area contributed by atoms with Crippen LogP contribution in [0.4, 0.5) is 0 Å². The van der Waals surface area contributed by atoms with Crippen LogP contribution in [0.3, 0.4) is 0 Å². The van der Waals surface area contributed by atoms with E-state index in [1.54, 1.807) is 0 Å². The molecule has 2 N–H and O–H groups in total. The van der Waals surface area contributed by atoms with Crippen LogP contribution >= 0.6 is 0 Å².